The molecule has 0 fully saturated rings. The first-order valence-corrected chi connectivity index (χ1v) is 19.3. The first kappa shape index (κ1) is 35.7. The van der Waals surface area contributed by atoms with Crippen molar-refractivity contribution in [3.63, 3.8) is 0 Å². The van der Waals surface area contributed by atoms with Crippen molar-refractivity contribution in [1.29, 1.82) is 0 Å². The summed E-state index contributed by atoms with van der Waals surface area (Å²) < 4.78 is 0. The smallest absolute Gasteiger partial charge is 0.161 e. The van der Waals surface area contributed by atoms with Gasteiger partial charge >= 0.3 is 0 Å². The Balaban J connectivity index is 1.07. The largest absolute Gasteiger partial charge is 0.321 e. The van der Waals surface area contributed by atoms with Gasteiger partial charge < -0.3 is 19.7 Å². The summed E-state index contributed by atoms with van der Waals surface area (Å²) in [5, 5.41) is 8.84. The predicted octanol–water partition coefficient (Wildman–Crippen LogP) is 14.1. The zero-order valence-corrected chi connectivity index (χ0v) is 31.8. The van der Waals surface area contributed by atoms with Crippen molar-refractivity contribution in [3.8, 4) is 11.4 Å². The minimum absolute atomic E-state index is 0.699. The number of hydrogen-bond donors (Lipinski definition) is 1. The van der Waals surface area contributed by atoms with E-state index in [9.17, 15) is 0 Å². The van der Waals surface area contributed by atoms with Crippen LogP contribution < -0.4 is 14.7 Å². The number of nitrogens with zero attached hydrogens (tertiary/aromatic N) is 5. The molecular formula is C52H40N6. The van der Waals surface area contributed by atoms with Gasteiger partial charge in [0.05, 0.1) is 0 Å². The summed E-state index contributed by atoms with van der Waals surface area (Å²) in [6, 6.07) is 78.1. The van der Waals surface area contributed by atoms with Gasteiger partial charge in [-0.15, -0.1) is 10.2 Å². The second kappa shape index (κ2) is 16.8. The molecule has 278 valence electrons. The zero-order chi connectivity index (χ0) is 38.9. The SMILES string of the molecule is C(=C\c1nnc(-c2ccc(N(c3ccc(N(c4ccccc4)c4ccccc4)cc3)c3ccc(N(c4ccccc4)c4ccccc4)cc3)cc2)[nH]1)/c1ccccc1. The third kappa shape index (κ3) is 7.89. The number of para-hydroxylation sites is 4. The quantitative estimate of drug-likeness (QED) is 0.135. The molecule has 6 nitrogen and oxygen atoms in total. The van der Waals surface area contributed by atoms with Crippen molar-refractivity contribution in [1.82, 2.24) is 15.2 Å². The van der Waals surface area contributed by atoms with Crippen LogP contribution in [-0.2, 0) is 0 Å². The first-order chi connectivity index (χ1) is 28.8. The summed E-state index contributed by atoms with van der Waals surface area (Å²) in [6.07, 6.45) is 3.97. The highest BCUT2D eigenvalue weighted by atomic mass is 15.2. The molecule has 0 radical (unpaired) electrons. The van der Waals surface area contributed by atoms with Gasteiger partial charge in [0, 0.05) is 56.7 Å². The van der Waals surface area contributed by atoms with E-state index in [1.807, 2.05) is 54.6 Å². The molecule has 0 bridgehead atoms. The molecule has 1 N–H and O–H groups in total. The molecule has 0 aliphatic carbocycles. The van der Waals surface area contributed by atoms with Crippen molar-refractivity contribution in [3.05, 3.63) is 236 Å². The molecule has 58 heavy (non-hydrogen) atoms. The van der Waals surface area contributed by atoms with Gasteiger partial charge in [0.15, 0.2) is 11.6 Å². The Hall–Kier alpha value is -7.96. The van der Waals surface area contributed by atoms with E-state index in [4.69, 9.17) is 0 Å². The van der Waals surface area contributed by atoms with Crippen LogP contribution >= 0.6 is 0 Å². The minimum atomic E-state index is 0.699. The Morgan fingerprint density at radius 1 is 0.293 bits per heavy atom. The Labute approximate surface area is 339 Å². The summed E-state index contributed by atoms with van der Waals surface area (Å²) in [6.45, 7) is 0. The van der Waals surface area contributed by atoms with Crippen molar-refractivity contribution in [2.24, 2.45) is 0 Å². The van der Waals surface area contributed by atoms with E-state index in [2.05, 4.69) is 212 Å². The van der Waals surface area contributed by atoms with E-state index in [0.717, 1.165) is 62.3 Å². The summed E-state index contributed by atoms with van der Waals surface area (Å²) in [4.78, 5) is 10.2. The topological polar surface area (TPSA) is 51.3 Å². The van der Waals surface area contributed by atoms with Gasteiger partial charge in [-0.1, -0.05) is 109 Å². The van der Waals surface area contributed by atoms with Crippen LogP contribution in [0, 0.1) is 0 Å². The van der Waals surface area contributed by atoms with Gasteiger partial charge in [0.2, 0.25) is 0 Å². The van der Waals surface area contributed by atoms with Gasteiger partial charge in [-0.3, -0.25) is 0 Å². The highest BCUT2D eigenvalue weighted by Crippen LogP contribution is 2.41. The molecule has 6 heteroatoms. The maximum atomic E-state index is 4.46. The molecule has 0 unspecified atom stereocenters. The standard InChI is InChI=1S/C52H40N6/c1-6-16-40(17-7-1)26-39-51-53-52(55-54-51)41-27-29-46(30-28-41)58(49-35-31-47(32-36-49)56(42-18-8-2-9-19-42)43-20-10-3-11-21-43)50-37-33-48(34-38-50)57(44-22-12-4-13-23-44)45-24-14-5-15-25-45/h1-39H,(H,53,54,55)/b39-26+. The molecule has 0 saturated carbocycles. The number of rotatable bonds is 12. The van der Waals surface area contributed by atoms with Crippen LogP contribution in [0.2, 0.25) is 0 Å². The van der Waals surface area contributed by atoms with Crippen molar-refractivity contribution in [2.75, 3.05) is 14.7 Å². The van der Waals surface area contributed by atoms with Gasteiger partial charge in [-0.2, -0.15) is 0 Å². The molecule has 9 rings (SSSR count). The monoisotopic (exact) mass is 748 g/mol. The van der Waals surface area contributed by atoms with Gasteiger partial charge in [0.25, 0.3) is 0 Å². The van der Waals surface area contributed by atoms with Gasteiger partial charge in [0.1, 0.15) is 0 Å². The summed E-state index contributed by atoms with van der Waals surface area (Å²) >= 11 is 0. The third-order valence-corrected chi connectivity index (χ3v) is 9.93. The second-order valence-corrected chi connectivity index (χ2v) is 13.7. The number of H-pyrrole nitrogens is 1. The van der Waals surface area contributed by atoms with Gasteiger partial charge in [-0.05, 0) is 133 Å². The second-order valence-electron chi connectivity index (χ2n) is 13.7. The molecule has 9 aromatic rings. The fourth-order valence-electron chi connectivity index (χ4n) is 7.14. The summed E-state index contributed by atoms with van der Waals surface area (Å²) in [5.41, 5.74) is 11.6. The lowest BCUT2D eigenvalue weighted by Crippen LogP contribution is -2.13. The lowest BCUT2D eigenvalue weighted by molar-refractivity contribution is 1.08. The van der Waals surface area contributed by atoms with Crippen LogP contribution in [0.3, 0.4) is 0 Å². The lowest BCUT2D eigenvalue weighted by atomic mass is 10.1. The molecule has 0 amide bonds. The average Bonchev–Trinajstić information content (AvgIpc) is 3.78. The fourth-order valence-corrected chi connectivity index (χ4v) is 7.14. The van der Waals surface area contributed by atoms with E-state index in [-0.39, 0.29) is 0 Å². The number of anilines is 9. The van der Waals surface area contributed by atoms with Crippen molar-refractivity contribution in [2.45, 2.75) is 0 Å². The number of nitrogens with one attached hydrogen (secondary N) is 1. The third-order valence-electron chi connectivity index (χ3n) is 9.93. The summed E-state index contributed by atoms with van der Waals surface area (Å²) in [5.74, 6) is 1.41. The van der Waals surface area contributed by atoms with Crippen LogP contribution in [0.15, 0.2) is 224 Å². The molecular weight excluding hydrogens is 709 g/mol. The minimum Gasteiger partial charge on any atom is -0.321 e. The molecule has 0 saturated heterocycles. The van der Waals surface area contributed by atoms with Crippen LogP contribution in [0.25, 0.3) is 23.5 Å². The maximum absolute atomic E-state index is 4.46. The predicted molar refractivity (Wildman–Crippen MR) is 241 cm³/mol. The number of aromatic amines is 1. The molecule has 8 aromatic carbocycles. The number of aromatic nitrogens is 3. The van der Waals surface area contributed by atoms with Gasteiger partial charge in [-0.25, -0.2) is 0 Å². The molecule has 0 atom stereocenters. The van der Waals surface area contributed by atoms with Crippen molar-refractivity contribution < 1.29 is 0 Å². The first-order valence-electron chi connectivity index (χ1n) is 19.3. The van der Waals surface area contributed by atoms with Crippen LogP contribution in [-0.4, -0.2) is 15.2 Å². The number of benzene rings is 8. The Morgan fingerprint density at radius 2 is 0.586 bits per heavy atom. The van der Waals surface area contributed by atoms with E-state index >= 15 is 0 Å². The normalized spacial score (nSPS) is 11.0. The van der Waals surface area contributed by atoms with E-state index in [1.165, 1.54) is 0 Å². The average molecular weight is 749 g/mol. The zero-order valence-electron chi connectivity index (χ0n) is 31.8. The molecule has 1 heterocycles. The van der Waals surface area contributed by atoms with Crippen LogP contribution in [0.5, 0.6) is 0 Å². The Kier molecular flexibility index (Phi) is 10.4. The van der Waals surface area contributed by atoms with E-state index in [1.54, 1.807) is 0 Å². The molecule has 0 aliphatic rings. The highest BCUT2D eigenvalue weighted by Gasteiger charge is 2.18. The molecule has 0 aliphatic heterocycles. The Morgan fingerprint density at radius 3 is 0.931 bits per heavy atom. The van der Waals surface area contributed by atoms with Crippen LogP contribution in [0.4, 0.5) is 51.2 Å². The molecule has 1 aromatic heterocycles. The Bertz CT molecular complexity index is 2480. The lowest BCUT2D eigenvalue weighted by Gasteiger charge is -2.29. The number of hydrogen-bond acceptors (Lipinski definition) is 5. The van der Waals surface area contributed by atoms with E-state index in [0.29, 0.717) is 11.6 Å². The fraction of sp³-hybridized carbons (Fsp3) is 0. The van der Waals surface area contributed by atoms with E-state index < -0.39 is 0 Å². The highest BCUT2D eigenvalue weighted by molar-refractivity contribution is 5.84. The van der Waals surface area contributed by atoms with Crippen LogP contribution in [0.1, 0.15) is 11.4 Å². The van der Waals surface area contributed by atoms with Crippen molar-refractivity contribution >= 4 is 63.3 Å². The summed E-state index contributed by atoms with van der Waals surface area (Å²) in [7, 11) is 0. The maximum Gasteiger partial charge on any atom is 0.161 e. The molecule has 0 spiro atoms.